The Bertz CT molecular complexity index is 2890. The molecule has 0 saturated carbocycles. The van der Waals surface area contributed by atoms with Crippen LogP contribution < -0.4 is 11.1 Å². The Morgan fingerprint density at radius 1 is 0.687 bits per heavy atom. The number of hydrogen-bond donors (Lipinski definition) is 1. The zero-order valence-electron chi connectivity index (χ0n) is 36.4. The molecule has 2 fully saturated rings. The molecule has 6 heterocycles. The topological polar surface area (TPSA) is 115 Å². The number of amides is 2. The van der Waals surface area contributed by atoms with Crippen molar-refractivity contribution in [1.29, 1.82) is 0 Å². The normalized spacial score (nSPS) is 14.4. The van der Waals surface area contributed by atoms with Crippen molar-refractivity contribution in [2.24, 2.45) is 0 Å². The molecule has 4 aromatic heterocycles. The molecule has 2 saturated heterocycles. The molecule has 1 N–H and O–H groups in total. The number of hydrogen-bond acceptors (Lipinski definition) is 5. The van der Waals surface area contributed by atoms with Gasteiger partial charge in [0.25, 0.3) is 11.1 Å². The minimum Gasteiger partial charge on any atom is -0.361 e. The Morgan fingerprint density at radius 2 is 1.16 bits per heavy atom. The van der Waals surface area contributed by atoms with Crippen molar-refractivity contribution in [1.82, 2.24) is 28.5 Å². The SMILES string of the molecule is C.C[Si](C)(C)CCOCn1cc(-c2ccc(Cl)c(C(F)(F)F)c2)c2c(=O)n(CC(=O)N3CCCC3)ccc21.O=C(Cn1ccc2[nH]cc(-c3ccc(Cl)c(C(F)(F)F)c3)c2c1=O)N1CCCC1. The highest BCUT2D eigenvalue weighted by molar-refractivity contribution is 6.76. The summed E-state index contributed by atoms with van der Waals surface area (Å²) in [6.45, 7) is 9.87. The van der Waals surface area contributed by atoms with Gasteiger partial charge in [0.1, 0.15) is 19.8 Å². The predicted octanol–water partition coefficient (Wildman–Crippen LogP) is 11.0. The van der Waals surface area contributed by atoms with E-state index < -0.39 is 52.7 Å². The highest BCUT2D eigenvalue weighted by atomic mass is 35.5. The summed E-state index contributed by atoms with van der Waals surface area (Å²) in [6.07, 6.45) is 0.699. The lowest BCUT2D eigenvalue weighted by molar-refractivity contribution is -0.138. The van der Waals surface area contributed by atoms with Gasteiger partial charge >= 0.3 is 12.4 Å². The average Bonchev–Trinajstić information content (AvgIpc) is 4.09. The molecule has 360 valence electrons. The Morgan fingerprint density at radius 3 is 1.66 bits per heavy atom. The van der Waals surface area contributed by atoms with E-state index in [1.54, 1.807) is 38.9 Å². The molecule has 2 aliphatic rings. The fourth-order valence-electron chi connectivity index (χ4n) is 8.11. The van der Waals surface area contributed by atoms with Crippen LogP contribution in [-0.4, -0.2) is 81.2 Å². The molecule has 0 atom stereocenters. The van der Waals surface area contributed by atoms with Crippen molar-refractivity contribution in [3.8, 4) is 22.3 Å². The summed E-state index contributed by atoms with van der Waals surface area (Å²) >= 11 is 11.5. The summed E-state index contributed by atoms with van der Waals surface area (Å²) < 4.78 is 90.6. The van der Waals surface area contributed by atoms with Gasteiger partial charge in [-0.1, -0.05) is 62.4 Å². The number of likely N-dealkylation sites (tertiary alicyclic amines) is 2. The van der Waals surface area contributed by atoms with Gasteiger partial charge in [-0.2, -0.15) is 26.3 Å². The molecular formula is C47H52Cl2F6N6O5Si. The molecule has 11 nitrogen and oxygen atoms in total. The Hall–Kier alpha value is -5.30. The van der Waals surface area contributed by atoms with Crippen LogP contribution in [-0.2, 0) is 46.5 Å². The fourth-order valence-corrected chi connectivity index (χ4v) is 9.32. The van der Waals surface area contributed by atoms with E-state index in [1.807, 2.05) is 0 Å². The van der Waals surface area contributed by atoms with Crippen LogP contribution >= 0.6 is 23.2 Å². The Kier molecular flexibility index (Phi) is 15.6. The number of rotatable bonds is 11. The van der Waals surface area contributed by atoms with Crippen molar-refractivity contribution < 1.29 is 40.7 Å². The van der Waals surface area contributed by atoms with E-state index in [9.17, 15) is 45.5 Å². The lowest BCUT2D eigenvalue weighted by Gasteiger charge is -2.16. The van der Waals surface area contributed by atoms with Gasteiger partial charge in [-0.15, -0.1) is 0 Å². The molecule has 2 aliphatic heterocycles. The van der Waals surface area contributed by atoms with Crippen LogP contribution in [0.25, 0.3) is 44.1 Å². The van der Waals surface area contributed by atoms with Crippen LogP contribution in [0.2, 0.25) is 35.7 Å². The lowest BCUT2D eigenvalue weighted by Crippen LogP contribution is -2.34. The van der Waals surface area contributed by atoms with Gasteiger partial charge in [0.2, 0.25) is 11.8 Å². The standard InChI is InChI=1S/C26H31ClF3N3O3Si.C20H17ClF3N3O2.CH4/c1-37(2,3)13-12-36-17-33-15-19(18-6-7-21(27)20(14-18)26(28,29)30)24-22(33)8-11-32(25(24)35)16-23(34)31-9-4-5-10-31;21-15-4-3-12(9-14(15)20(22,23)24)13-10-25-16-5-8-27(19(29)18(13)16)11-17(28)26-6-1-2-7-26;/h6-8,11,14-15H,4-5,9-10,12-13,16-17H2,1-3H3;3-5,8-10,25H,1-2,6-7,11H2;1H4. The minimum absolute atomic E-state index is 0. The first-order valence-corrected chi connectivity index (χ1v) is 25.9. The summed E-state index contributed by atoms with van der Waals surface area (Å²) in [5.41, 5.74) is -0.712. The van der Waals surface area contributed by atoms with Gasteiger partial charge in [-0.25, -0.2) is 0 Å². The summed E-state index contributed by atoms with van der Waals surface area (Å²) in [4.78, 5) is 58.1. The Labute approximate surface area is 393 Å². The van der Waals surface area contributed by atoms with E-state index in [2.05, 4.69) is 24.6 Å². The van der Waals surface area contributed by atoms with E-state index >= 15 is 0 Å². The molecule has 8 rings (SSSR count). The number of carbonyl (C=O) groups excluding carboxylic acids is 2. The second-order valence-corrected chi connectivity index (χ2v) is 24.1. The summed E-state index contributed by atoms with van der Waals surface area (Å²) in [7, 11) is -1.31. The number of nitrogens with one attached hydrogen (secondary N) is 1. The van der Waals surface area contributed by atoms with Crippen molar-refractivity contribution in [3.63, 3.8) is 0 Å². The molecule has 0 radical (unpaired) electrons. The number of ether oxygens (including phenoxy) is 1. The second-order valence-electron chi connectivity index (χ2n) is 17.7. The van der Waals surface area contributed by atoms with Crippen molar-refractivity contribution in [3.05, 3.63) is 115 Å². The lowest BCUT2D eigenvalue weighted by atomic mass is 10.0. The molecular weight excluding hydrogens is 942 g/mol. The minimum atomic E-state index is -4.65. The zero-order valence-corrected chi connectivity index (χ0v) is 38.9. The molecule has 20 heteroatoms. The first kappa shape index (κ1) is 51.1. The van der Waals surface area contributed by atoms with E-state index in [0.717, 1.165) is 49.9 Å². The molecule has 0 aliphatic carbocycles. The maximum absolute atomic E-state index is 13.6. The third-order valence-electron chi connectivity index (χ3n) is 11.7. The molecule has 0 bridgehead atoms. The van der Waals surface area contributed by atoms with Gasteiger partial charge in [-0.05, 0) is 79.3 Å². The van der Waals surface area contributed by atoms with Gasteiger partial charge in [0.05, 0.1) is 43.0 Å². The van der Waals surface area contributed by atoms with Crippen molar-refractivity contribution >= 4 is 64.9 Å². The number of alkyl halides is 6. The zero-order chi connectivity index (χ0) is 47.7. The van der Waals surface area contributed by atoms with E-state index in [-0.39, 0.29) is 61.0 Å². The van der Waals surface area contributed by atoms with E-state index in [4.69, 9.17) is 27.9 Å². The van der Waals surface area contributed by atoms with E-state index in [0.29, 0.717) is 54.9 Å². The fraction of sp³-hybridized carbons (Fsp3) is 0.404. The maximum atomic E-state index is 13.6. The number of pyridine rings is 2. The molecule has 67 heavy (non-hydrogen) atoms. The predicted molar refractivity (Wildman–Crippen MR) is 252 cm³/mol. The highest BCUT2D eigenvalue weighted by Gasteiger charge is 2.35. The quantitative estimate of drug-likeness (QED) is 0.0789. The largest absolute Gasteiger partial charge is 0.417 e. The van der Waals surface area contributed by atoms with Gasteiger partial charge < -0.3 is 33.2 Å². The van der Waals surface area contributed by atoms with Crippen LogP contribution in [0.15, 0.2) is 82.9 Å². The molecule has 2 amide bonds. The highest BCUT2D eigenvalue weighted by Crippen LogP contribution is 2.40. The van der Waals surface area contributed by atoms with Crippen molar-refractivity contribution in [2.45, 2.75) is 91.0 Å². The number of nitrogens with zero attached hydrogens (tertiary/aromatic N) is 5. The number of fused-ring (bicyclic) bond motifs is 2. The smallest absolute Gasteiger partial charge is 0.361 e. The van der Waals surface area contributed by atoms with Crippen LogP contribution in [0.5, 0.6) is 0 Å². The first-order chi connectivity index (χ1) is 31.1. The Balaban J connectivity index is 0.000000224. The van der Waals surface area contributed by atoms with Crippen LogP contribution in [0.1, 0.15) is 44.2 Å². The average molecular weight is 994 g/mol. The number of carbonyl (C=O) groups is 2. The molecule has 2 aromatic carbocycles. The first-order valence-electron chi connectivity index (χ1n) is 21.4. The number of benzene rings is 2. The monoisotopic (exact) mass is 992 g/mol. The number of aromatic amines is 1. The van der Waals surface area contributed by atoms with Crippen LogP contribution in [0.4, 0.5) is 26.3 Å². The van der Waals surface area contributed by atoms with E-state index in [1.165, 1.54) is 39.7 Å². The second kappa shape index (κ2) is 20.5. The number of H-pyrrole nitrogens is 1. The summed E-state index contributed by atoms with van der Waals surface area (Å²) in [5, 5.41) is -0.351. The summed E-state index contributed by atoms with van der Waals surface area (Å²) in [6, 6.07) is 11.4. The maximum Gasteiger partial charge on any atom is 0.417 e. The molecule has 0 unspecified atom stereocenters. The molecule has 6 aromatic rings. The molecule has 0 spiro atoms. The van der Waals surface area contributed by atoms with Gasteiger partial charge in [-0.3, -0.25) is 19.2 Å². The van der Waals surface area contributed by atoms with Gasteiger partial charge in [0.15, 0.2) is 0 Å². The van der Waals surface area contributed by atoms with Crippen LogP contribution in [0, 0.1) is 0 Å². The van der Waals surface area contributed by atoms with Crippen LogP contribution in [0.3, 0.4) is 0 Å². The number of halogens is 8. The van der Waals surface area contributed by atoms with Gasteiger partial charge in [0, 0.05) is 76.8 Å². The third-order valence-corrected chi connectivity index (χ3v) is 14.1. The number of aromatic nitrogens is 4. The summed E-state index contributed by atoms with van der Waals surface area (Å²) in [5.74, 6) is -0.299. The van der Waals surface area contributed by atoms with Crippen molar-refractivity contribution in [2.75, 3.05) is 32.8 Å². The third kappa shape index (κ3) is 11.7.